The van der Waals surface area contributed by atoms with Gasteiger partial charge in [0.1, 0.15) is 39.6 Å². The van der Waals surface area contributed by atoms with Crippen LogP contribution in [0.3, 0.4) is 0 Å². The van der Waals surface area contributed by atoms with Crippen LogP contribution >= 0.6 is 11.6 Å². The van der Waals surface area contributed by atoms with Crippen molar-refractivity contribution in [2.75, 3.05) is 16.8 Å². The van der Waals surface area contributed by atoms with E-state index in [0.29, 0.717) is 21.5 Å². The molecule has 19 heteroatoms. The monoisotopic (exact) mass is 813 g/mol. The van der Waals surface area contributed by atoms with Gasteiger partial charge in [-0.1, -0.05) is 23.6 Å². The van der Waals surface area contributed by atoms with Crippen LogP contribution in [0, 0.1) is 23.5 Å². The van der Waals surface area contributed by atoms with Crippen LogP contribution in [0.4, 0.5) is 27.8 Å². The standard InChI is InChI=1S/C35H33ClF5N5O6S2/c1-34(2,53(3)51)13-12-23-8-9-24(31(43-23)27(42-19-47)16-20-14-21(37)17-22(38)15-20)25-10-11-26(36)30-32(25)45(18-35(39,40)41)44-33(30)46(54(4)52)28(48)6-5-7-29(49)50/h8-11,14-15,17,19,27H,5-7,16,18H2,1-4H3,(H,42,47)(H,49,50). The summed E-state index contributed by atoms with van der Waals surface area (Å²) in [6.07, 6.45) is -3.30. The molecule has 11 nitrogen and oxygen atoms in total. The van der Waals surface area contributed by atoms with Gasteiger partial charge in [-0.2, -0.15) is 18.3 Å². The number of carbonyl (C=O) groups is 3. The number of halogens is 6. The molecular formula is C35H33ClF5N5O6S2. The second kappa shape index (κ2) is 17.2. The molecule has 4 aromatic rings. The van der Waals surface area contributed by atoms with Crippen LogP contribution in [0.15, 0.2) is 42.5 Å². The van der Waals surface area contributed by atoms with Crippen LogP contribution in [0.2, 0.25) is 5.02 Å². The number of amides is 2. The molecule has 2 N–H and O–H groups in total. The second-order valence-electron chi connectivity index (χ2n) is 12.4. The Morgan fingerprint density at radius 2 is 1.70 bits per heavy atom. The number of benzene rings is 2. The summed E-state index contributed by atoms with van der Waals surface area (Å²) >= 11 is 6.59. The van der Waals surface area contributed by atoms with Gasteiger partial charge in [0.25, 0.3) is 0 Å². The number of carboxylic acids is 1. The van der Waals surface area contributed by atoms with E-state index in [0.717, 1.165) is 18.4 Å². The molecule has 2 heterocycles. The van der Waals surface area contributed by atoms with Crippen molar-refractivity contribution in [3.8, 4) is 23.0 Å². The fourth-order valence-electron chi connectivity index (χ4n) is 5.39. The first kappa shape index (κ1) is 42.0. The first-order valence-electron chi connectivity index (χ1n) is 15.9. The molecule has 0 saturated heterocycles. The summed E-state index contributed by atoms with van der Waals surface area (Å²) in [7, 11) is -3.61. The van der Waals surface area contributed by atoms with Gasteiger partial charge in [0.05, 0.1) is 27.7 Å². The largest absolute Gasteiger partial charge is 0.481 e. The normalized spacial score (nSPS) is 13.4. The van der Waals surface area contributed by atoms with Crippen LogP contribution in [0.25, 0.3) is 22.0 Å². The SMILES string of the molecule is CS(=O)N(C(=O)CCCC(=O)O)c1nn(CC(F)(F)F)c2c(-c3ccc(C#CC(C)(C)S(C)=O)nc3C(Cc3cc(F)cc(F)c3)NC=O)ccc(Cl)c12. The molecule has 2 aromatic carbocycles. The van der Waals surface area contributed by atoms with Crippen LogP contribution in [0.5, 0.6) is 0 Å². The van der Waals surface area contributed by atoms with Crippen LogP contribution in [0.1, 0.15) is 56.1 Å². The maximum atomic E-state index is 14.3. The summed E-state index contributed by atoms with van der Waals surface area (Å²) in [6.45, 7) is 1.56. The molecule has 0 aliphatic carbocycles. The van der Waals surface area contributed by atoms with Crippen molar-refractivity contribution in [1.82, 2.24) is 20.1 Å². The highest BCUT2D eigenvalue weighted by atomic mass is 35.5. The summed E-state index contributed by atoms with van der Waals surface area (Å²) in [5.74, 6) is 1.30. The lowest BCUT2D eigenvalue weighted by molar-refractivity contribution is -0.142. The molecule has 0 aliphatic rings. The average molecular weight is 814 g/mol. The number of hydrogen-bond donors (Lipinski definition) is 2. The number of carbonyl (C=O) groups excluding carboxylic acids is 2. The third-order valence-electron chi connectivity index (χ3n) is 8.00. The zero-order valence-electron chi connectivity index (χ0n) is 29.1. The van der Waals surface area contributed by atoms with Gasteiger partial charge < -0.3 is 10.4 Å². The highest BCUT2D eigenvalue weighted by Gasteiger charge is 2.35. The molecular weight excluding hydrogens is 781 g/mol. The summed E-state index contributed by atoms with van der Waals surface area (Å²) in [6, 6.07) is 7.05. The first-order chi connectivity index (χ1) is 25.2. The van der Waals surface area contributed by atoms with E-state index in [1.54, 1.807) is 13.8 Å². The number of rotatable bonds is 14. The molecule has 3 unspecified atom stereocenters. The van der Waals surface area contributed by atoms with E-state index >= 15 is 0 Å². The van der Waals surface area contributed by atoms with Gasteiger partial charge >= 0.3 is 12.1 Å². The molecule has 2 aromatic heterocycles. The van der Waals surface area contributed by atoms with Gasteiger partial charge in [-0.25, -0.2) is 22.3 Å². The Hall–Kier alpha value is -4.73. The lowest BCUT2D eigenvalue weighted by atomic mass is 9.94. The number of aliphatic carboxylic acids is 1. The van der Waals surface area contributed by atoms with Crippen molar-refractivity contribution in [2.45, 2.75) is 63.0 Å². The van der Waals surface area contributed by atoms with E-state index in [1.165, 1.54) is 30.5 Å². The van der Waals surface area contributed by atoms with Crippen molar-refractivity contribution in [2.24, 2.45) is 0 Å². The molecule has 0 bridgehead atoms. The molecule has 0 spiro atoms. The molecule has 288 valence electrons. The predicted molar refractivity (Wildman–Crippen MR) is 194 cm³/mol. The summed E-state index contributed by atoms with van der Waals surface area (Å²) in [4.78, 5) is 40.9. The number of aromatic nitrogens is 3. The van der Waals surface area contributed by atoms with Crippen molar-refractivity contribution < 1.29 is 49.9 Å². The summed E-state index contributed by atoms with van der Waals surface area (Å²) < 4.78 is 96.3. The van der Waals surface area contributed by atoms with Crippen LogP contribution in [-0.2, 0) is 49.1 Å². The second-order valence-corrected chi connectivity index (χ2v) is 16.0. The zero-order valence-corrected chi connectivity index (χ0v) is 31.5. The van der Waals surface area contributed by atoms with Gasteiger partial charge in [-0.3, -0.25) is 23.3 Å². The number of fused-ring (bicyclic) bond motifs is 1. The first-order valence-corrected chi connectivity index (χ1v) is 19.3. The highest BCUT2D eigenvalue weighted by Crippen LogP contribution is 2.42. The van der Waals surface area contributed by atoms with Crippen molar-refractivity contribution in [3.05, 3.63) is 76.1 Å². The fourth-order valence-corrected chi connectivity index (χ4v) is 6.57. The molecule has 3 atom stereocenters. The molecule has 2 amide bonds. The maximum Gasteiger partial charge on any atom is 0.408 e. The van der Waals surface area contributed by atoms with Gasteiger partial charge in [-0.15, -0.1) is 0 Å². The summed E-state index contributed by atoms with van der Waals surface area (Å²) in [5.41, 5.74) is -0.0353. The Labute approximate surface area is 316 Å². The third kappa shape index (κ3) is 10.3. The molecule has 0 radical (unpaired) electrons. The number of anilines is 1. The van der Waals surface area contributed by atoms with E-state index in [9.17, 15) is 44.8 Å². The maximum absolute atomic E-state index is 14.3. The topological polar surface area (TPSA) is 152 Å². The molecule has 0 fully saturated rings. The van der Waals surface area contributed by atoms with Crippen molar-refractivity contribution >= 4 is 68.4 Å². The number of pyridine rings is 1. The van der Waals surface area contributed by atoms with Gasteiger partial charge in [-0.05, 0) is 68.5 Å². The Morgan fingerprint density at radius 1 is 1.06 bits per heavy atom. The van der Waals surface area contributed by atoms with Crippen molar-refractivity contribution in [3.63, 3.8) is 0 Å². The van der Waals surface area contributed by atoms with E-state index in [4.69, 9.17) is 16.7 Å². The molecule has 0 aliphatic heterocycles. The van der Waals surface area contributed by atoms with Gasteiger partial charge in [0.2, 0.25) is 12.3 Å². The predicted octanol–water partition coefficient (Wildman–Crippen LogP) is 6.01. The van der Waals surface area contributed by atoms with Crippen LogP contribution in [-0.4, -0.2) is 70.0 Å². The smallest absolute Gasteiger partial charge is 0.408 e. The van der Waals surface area contributed by atoms with E-state index in [-0.39, 0.29) is 56.8 Å². The third-order valence-corrected chi connectivity index (χ3v) is 10.7. The summed E-state index contributed by atoms with van der Waals surface area (Å²) in [5, 5.41) is 15.3. The number of hydrogen-bond acceptors (Lipinski definition) is 7. The Bertz CT molecular complexity index is 2200. The number of alkyl halides is 3. The molecule has 0 saturated carbocycles. The van der Waals surface area contributed by atoms with Gasteiger partial charge in [0.15, 0.2) is 5.82 Å². The number of carboxylic acid groups (broad SMARTS) is 1. The highest BCUT2D eigenvalue weighted by molar-refractivity contribution is 7.86. The van der Waals surface area contributed by atoms with E-state index < -0.39 is 87.5 Å². The van der Waals surface area contributed by atoms with Crippen molar-refractivity contribution in [1.29, 1.82) is 0 Å². The Morgan fingerprint density at radius 3 is 2.28 bits per heavy atom. The quantitative estimate of drug-likeness (QED) is 0.0893. The fraction of sp³-hybridized carbons (Fsp3) is 0.343. The van der Waals surface area contributed by atoms with Gasteiger partial charge in [0, 0.05) is 53.3 Å². The minimum Gasteiger partial charge on any atom is -0.481 e. The average Bonchev–Trinajstić information content (AvgIpc) is 3.40. The van der Waals surface area contributed by atoms with E-state index in [1.807, 2.05) is 0 Å². The van der Waals surface area contributed by atoms with E-state index in [2.05, 4.69) is 27.2 Å². The Kier molecular flexibility index (Phi) is 13.4. The minimum absolute atomic E-state index is 0.00214. The lowest BCUT2D eigenvalue weighted by Crippen LogP contribution is -2.33. The number of nitrogens with zero attached hydrogens (tertiary/aromatic N) is 4. The molecule has 54 heavy (non-hydrogen) atoms. The molecule has 4 rings (SSSR count). The Balaban J connectivity index is 2.07. The van der Waals surface area contributed by atoms with Crippen LogP contribution < -0.4 is 9.62 Å². The lowest BCUT2D eigenvalue weighted by Gasteiger charge is -2.21. The number of nitrogens with one attached hydrogen (secondary N) is 1. The zero-order chi connectivity index (χ0) is 40.1. The minimum atomic E-state index is -4.88.